The highest BCUT2D eigenvalue weighted by atomic mass is 16.4. The number of hydrogen-bond donors (Lipinski definition) is 5. The van der Waals surface area contributed by atoms with Gasteiger partial charge >= 0.3 is 5.97 Å². The Morgan fingerprint density at radius 3 is 2.67 bits per heavy atom. The lowest BCUT2D eigenvalue weighted by molar-refractivity contribution is -0.134. The number of aliphatic carboxylic acids is 1. The second-order valence-corrected chi connectivity index (χ2v) is 2.16. The average Bonchev–Trinajstić information content (AvgIpc) is 2.26. The van der Waals surface area contributed by atoms with Gasteiger partial charge in [-0.1, -0.05) is 0 Å². The van der Waals surface area contributed by atoms with Gasteiger partial charge in [-0.15, -0.1) is 0 Å². The topological polar surface area (TPSA) is 106 Å². The summed E-state index contributed by atoms with van der Waals surface area (Å²) in [4.78, 5) is 12.3. The highest BCUT2D eigenvalue weighted by Gasteiger charge is 2.06. The van der Waals surface area contributed by atoms with Crippen LogP contribution in [0.25, 0.3) is 0 Å². The molecule has 0 saturated heterocycles. The van der Waals surface area contributed by atoms with Crippen LogP contribution in [0.1, 0.15) is 0 Å². The van der Waals surface area contributed by atoms with E-state index in [9.17, 15) is 4.79 Å². The molecule has 5 N–H and O–H groups in total. The van der Waals surface area contributed by atoms with Crippen molar-refractivity contribution in [1.82, 2.24) is 4.98 Å². The second kappa shape index (κ2) is 3.04. The fourth-order valence-corrected chi connectivity index (χ4v) is 0.735. The number of aromatic amines is 1. The third-order valence-electron chi connectivity index (χ3n) is 1.21. The largest absolute Gasteiger partial charge is 0.494 e. The summed E-state index contributed by atoms with van der Waals surface area (Å²) in [6.07, 6.45) is 0. The standard InChI is InChI=1S/C6H8N2O4/c9-4-1-3(6(12)8-4)7-2-5(10)11/h1,7-9,12H,2H2,(H,10,11). The normalized spacial score (nSPS) is 9.67. The second-order valence-electron chi connectivity index (χ2n) is 2.16. The van der Waals surface area contributed by atoms with Gasteiger partial charge in [-0.3, -0.25) is 9.78 Å². The predicted octanol–water partition coefficient (Wildman–Crippen LogP) is -0.0776. The van der Waals surface area contributed by atoms with Gasteiger partial charge in [0.25, 0.3) is 0 Å². The lowest BCUT2D eigenvalue weighted by Gasteiger charge is -1.98. The van der Waals surface area contributed by atoms with Gasteiger partial charge in [-0.05, 0) is 0 Å². The Hall–Kier alpha value is -1.85. The molecule has 1 aromatic rings. The summed E-state index contributed by atoms with van der Waals surface area (Å²) in [5.41, 5.74) is 0.162. The first-order chi connectivity index (χ1) is 5.59. The van der Waals surface area contributed by atoms with Gasteiger partial charge in [0.1, 0.15) is 12.2 Å². The Kier molecular flexibility index (Phi) is 2.09. The quantitative estimate of drug-likeness (QED) is 0.438. The van der Waals surface area contributed by atoms with Gasteiger partial charge in [-0.2, -0.15) is 0 Å². The summed E-state index contributed by atoms with van der Waals surface area (Å²) in [5, 5.41) is 28.4. The molecule has 1 heterocycles. The van der Waals surface area contributed by atoms with E-state index >= 15 is 0 Å². The van der Waals surface area contributed by atoms with Crippen molar-refractivity contribution in [3.8, 4) is 11.8 Å². The van der Waals surface area contributed by atoms with Crippen LogP contribution < -0.4 is 5.32 Å². The van der Waals surface area contributed by atoms with Crippen LogP contribution in [0.5, 0.6) is 11.8 Å². The van der Waals surface area contributed by atoms with Gasteiger partial charge < -0.3 is 20.6 Å². The predicted molar refractivity (Wildman–Crippen MR) is 40.2 cm³/mol. The van der Waals surface area contributed by atoms with Crippen molar-refractivity contribution in [3.05, 3.63) is 6.07 Å². The van der Waals surface area contributed by atoms with Crippen molar-refractivity contribution < 1.29 is 20.1 Å². The number of nitrogens with one attached hydrogen (secondary N) is 2. The number of anilines is 1. The molecule has 1 rings (SSSR count). The van der Waals surface area contributed by atoms with Crippen molar-refractivity contribution in [2.24, 2.45) is 0 Å². The Morgan fingerprint density at radius 1 is 1.58 bits per heavy atom. The highest BCUT2D eigenvalue weighted by molar-refractivity contribution is 5.73. The van der Waals surface area contributed by atoms with E-state index in [1.54, 1.807) is 0 Å². The molecule has 0 radical (unpaired) electrons. The van der Waals surface area contributed by atoms with E-state index in [1.165, 1.54) is 6.07 Å². The van der Waals surface area contributed by atoms with E-state index in [4.69, 9.17) is 15.3 Å². The Morgan fingerprint density at radius 2 is 2.25 bits per heavy atom. The summed E-state index contributed by atoms with van der Waals surface area (Å²) < 4.78 is 0. The Labute approximate surface area is 67.5 Å². The molecule has 6 nitrogen and oxygen atoms in total. The molecule has 66 valence electrons. The van der Waals surface area contributed by atoms with Gasteiger partial charge in [0, 0.05) is 6.07 Å². The minimum Gasteiger partial charge on any atom is -0.494 e. The zero-order chi connectivity index (χ0) is 9.14. The monoisotopic (exact) mass is 172 g/mol. The summed E-state index contributed by atoms with van der Waals surface area (Å²) >= 11 is 0. The first kappa shape index (κ1) is 8.25. The molecule has 6 heteroatoms. The van der Waals surface area contributed by atoms with E-state index in [2.05, 4.69) is 10.3 Å². The minimum absolute atomic E-state index is 0.162. The van der Waals surface area contributed by atoms with Crippen molar-refractivity contribution in [3.63, 3.8) is 0 Å². The van der Waals surface area contributed by atoms with Crippen LogP contribution in [-0.4, -0.2) is 32.8 Å². The van der Waals surface area contributed by atoms with Crippen LogP contribution in [0, 0.1) is 0 Å². The van der Waals surface area contributed by atoms with Crippen molar-refractivity contribution in [2.45, 2.75) is 0 Å². The summed E-state index contributed by atoms with van der Waals surface area (Å²) in [5.74, 6) is -1.55. The molecule has 1 aromatic heterocycles. The van der Waals surface area contributed by atoms with Crippen molar-refractivity contribution in [1.29, 1.82) is 0 Å². The maximum atomic E-state index is 10.1. The van der Waals surface area contributed by atoms with Gasteiger partial charge in [-0.25, -0.2) is 0 Å². The van der Waals surface area contributed by atoms with E-state index in [-0.39, 0.29) is 24.0 Å². The molecule has 0 aliphatic rings. The van der Waals surface area contributed by atoms with E-state index in [0.717, 1.165) is 0 Å². The number of H-pyrrole nitrogens is 1. The maximum Gasteiger partial charge on any atom is 0.322 e. The lowest BCUT2D eigenvalue weighted by Crippen LogP contribution is -2.11. The Bertz CT molecular complexity index is 294. The first-order valence-corrected chi connectivity index (χ1v) is 3.16. The molecule has 0 aliphatic heterocycles. The number of aromatic hydroxyl groups is 2. The number of carboxylic acid groups (broad SMARTS) is 1. The van der Waals surface area contributed by atoms with Crippen LogP contribution in [0.15, 0.2) is 6.07 Å². The number of carboxylic acids is 1. The van der Waals surface area contributed by atoms with Gasteiger partial charge in [0.05, 0.1) is 0 Å². The molecule has 0 aromatic carbocycles. The molecular weight excluding hydrogens is 164 g/mol. The number of hydrogen-bond acceptors (Lipinski definition) is 4. The molecular formula is C6H8N2O4. The van der Waals surface area contributed by atoms with E-state index < -0.39 is 5.97 Å². The van der Waals surface area contributed by atoms with E-state index in [1.807, 2.05) is 0 Å². The smallest absolute Gasteiger partial charge is 0.322 e. The maximum absolute atomic E-state index is 10.1. The molecule has 0 spiro atoms. The fraction of sp³-hybridized carbons (Fsp3) is 0.167. The van der Waals surface area contributed by atoms with Crippen LogP contribution in [0.2, 0.25) is 0 Å². The third kappa shape index (κ3) is 1.82. The van der Waals surface area contributed by atoms with Gasteiger partial charge in [0.15, 0.2) is 5.88 Å². The summed E-state index contributed by atoms with van der Waals surface area (Å²) in [7, 11) is 0. The number of carbonyl (C=O) groups is 1. The third-order valence-corrected chi connectivity index (χ3v) is 1.21. The van der Waals surface area contributed by atoms with Crippen molar-refractivity contribution in [2.75, 3.05) is 11.9 Å². The molecule has 0 unspecified atom stereocenters. The Balaban J connectivity index is 2.62. The molecule has 0 atom stereocenters. The minimum atomic E-state index is -1.05. The number of aromatic nitrogens is 1. The SMILES string of the molecule is O=C(O)CNc1cc(O)[nH]c1O. The zero-order valence-corrected chi connectivity index (χ0v) is 6.03. The summed E-state index contributed by atoms with van der Waals surface area (Å²) in [6.45, 7) is -0.315. The van der Waals surface area contributed by atoms with Crippen LogP contribution >= 0.6 is 0 Å². The molecule has 0 aliphatic carbocycles. The average molecular weight is 172 g/mol. The fourth-order valence-electron chi connectivity index (χ4n) is 0.735. The van der Waals surface area contributed by atoms with Crippen LogP contribution in [-0.2, 0) is 4.79 Å². The van der Waals surface area contributed by atoms with Crippen LogP contribution in [0.4, 0.5) is 5.69 Å². The molecule has 0 bridgehead atoms. The molecule has 0 amide bonds. The highest BCUT2D eigenvalue weighted by Crippen LogP contribution is 2.26. The molecule has 0 fully saturated rings. The molecule has 12 heavy (non-hydrogen) atoms. The zero-order valence-electron chi connectivity index (χ0n) is 6.03. The van der Waals surface area contributed by atoms with E-state index in [0.29, 0.717) is 0 Å². The van der Waals surface area contributed by atoms with Crippen molar-refractivity contribution >= 4 is 11.7 Å². The van der Waals surface area contributed by atoms with Gasteiger partial charge in [0.2, 0.25) is 5.88 Å². The number of rotatable bonds is 3. The molecule has 0 saturated carbocycles. The first-order valence-electron chi connectivity index (χ1n) is 3.16. The van der Waals surface area contributed by atoms with Crippen LogP contribution in [0.3, 0.4) is 0 Å². The lowest BCUT2D eigenvalue weighted by atomic mass is 10.5. The summed E-state index contributed by atoms with van der Waals surface area (Å²) in [6, 6.07) is 1.19.